The molecule has 0 saturated carbocycles. The number of quaternary nitrogens is 4. The molecule has 0 bridgehead atoms. The number of aliphatic hydroxyl groups is 4. The first-order chi connectivity index (χ1) is 8.93. The lowest BCUT2D eigenvalue weighted by Gasteiger charge is -2.18. The van der Waals surface area contributed by atoms with Crippen molar-refractivity contribution in [2.24, 2.45) is 0 Å². The third kappa shape index (κ3) is 14.5. The molecule has 0 aliphatic rings. The fourth-order valence-electron chi connectivity index (χ4n) is 0.516. The van der Waals surface area contributed by atoms with Gasteiger partial charge in [-0.25, -0.2) is 0 Å². The molecule has 0 saturated heterocycles. The Bertz CT molecular complexity index is 319. The minimum atomic E-state index is -2.44. The summed E-state index contributed by atoms with van der Waals surface area (Å²) in [6, 6.07) is 0. The molecule has 0 radical (unpaired) electrons. The fraction of sp³-hybridized carbons (Fsp3) is 0.500. The lowest BCUT2D eigenvalue weighted by molar-refractivity contribution is -0.333. The Labute approximate surface area is 134 Å². The smallest absolute Gasteiger partial charge is 0.124 e. The topological polar surface area (TPSA) is 387 Å². The summed E-state index contributed by atoms with van der Waals surface area (Å²) in [6.45, 7) is 0. The van der Waals surface area contributed by atoms with Crippen LogP contribution >= 0.6 is 0 Å². The number of hydrogen-bond acceptors (Lipinski definition) is 12. The second kappa shape index (κ2) is 16.9. The Hall–Kier alpha value is -2.44. The zero-order valence-electron chi connectivity index (χ0n) is 13.4. The molecule has 0 amide bonds. The molecule has 16 nitrogen and oxygen atoms in total. The average molecular weight is 368 g/mol. The van der Waals surface area contributed by atoms with Crippen LogP contribution in [0.2, 0.25) is 0 Å². The van der Waals surface area contributed by atoms with Crippen LogP contribution in [0.4, 0.5) is 0 Å². The summed E-state index contributed by atoms with van der Waals surface area (Å²) in [4.78, 5) is 38.5. The summed E-state index contributed by atoms with van der Waals surface area (Å²) >= 11 is 0. The van der Waals surface area contributed by atoms with Gasteiger partial charge in [0.25, 0.3) is 0 Å². The molecule has 4 unspecified atom stereocenters. The molecule has 24 heavy (non-hydrogen) atoms. The monoisotopic (exact) mass is 368 g/mol. The van der Waals surface area contributed by atoms with E-state index in [2.05, 4.69) is 0 Å². The molecule has 148 valence electrons. The maximum absolute atomic E-state index is 9.63. The molecule has 0 aliphatic heterocycles. The van der Waals surface area contributed by atoms with E-state index in [1.54, 1.807) is 0 Å². The molecular formula is C8H24N4O12. The van der Waals surface area contributed by atoms with Gasteiger partial charge in [0, 0.05) is 0 Å². The zero-order chi connectivity index (χ0) is 16.6. The van der Waals surface area contributed by atoms with Crippen molar-refractivity contribution in [1.29, 1.82) is 0 Å². The van der Waals surface area contributed by atoms with Crippen molar-refractivity contribution < 1.29 is 60.0 Å². The van der Waals surface area contributed by atoms with Gasteiger partial charge >= 0.3 is 0 Å². The van der Waals surface area contributed by atoms with Crippen molar-refractivity contribution in [3.8, 4) is 0 Å². The fourth-order valence-corrected chi connectivity index (χ4v) is 0.516. The lowest BCUT2D eigenvalue weighted by atomic mass is 10.2. The van der Waals surface area contributed by atoms with Crippen LogP contribution in [0.3, 0.4) is 0 Å². The minimum absolute atomic E-state index is 0. The van der Waals surface area contributed by atoms with E-state index in [4.69, 9.17) is 20.4 Å². The van der Waals surface area contributed by atoms with E-state index in [1.165, 1.54) is 0 Å². The van der Waals surface area contributed by atoms with E-state index in [9.17, 15) is 39.6 Å². The third-order valence-corrected chi connectivity index (χ3v) is 1.56. The van der Waals surface area contributed by atoms with E-state index in [0.717, 1.165) is 0 Å². The van der Waals surface area contributed by atoms with Crippen LogP contribution in [-0.2, 0) is 19.2 Å². The Morgan fingerprint density at radius 2 is 0.542 bits per heavy atom. The first-order valence-corrected chi connectivity index (χ1v) is 4.49. The number of carboxylic acids is 4. The second-order valence-electron chi connectivity index (χ2n) is 3.06. The standard InChI is InChI=1S/2C4H6O6.4H3N/c2*5-1(3(7)8)2(6)4(9)10;;;;/h2*1-2,5-6H,(H,7,8)(H,9,10);4*1H3. The van der Waals surface area contributed by atoms with Gasteiger partial charge in [0.2, 0.25) is 0 Å². The van der Waals surface area contributed by atoms with E-state index >= 15 is 0 Å². The van der Waals surface area contributed by atoms with Gasteiger partial charge in [-0.05, 0) is 0 Å². The Morgan fingerprint density at radius 3 is 0.583 bits per heavy atom. The zero-order valence-corrected chi connectivity index (χ0v) is 13.4. The van der Waals surface area contributed by atoms with E-state index < -0.39 is 48.3 Å². The number of rotatable bonds is 6. The summed E-state index contributed by atoms with van der Waals surface area (Å²) in [6.07, 6.45) is -9.76. The average Bonchev–Trinajstić information content (AvgIpc) is 2.35. The highest BCUT2D eigenvalue weighted by Gasteiger charge is 2.18. The first-order valence-electron chi connectivity index (χ1n) is 4.49. The predicted molar refractivity (Wildman–Crippen MR) is 68.0 cm³/mol. The van der Waals surface area contributed by atoms with Crippen molar-refractivity contribution >= 4 is 23.9 Å². The molecule has 0 fully saturated rings. The number of carboxylic acid groups (broad SMARTS) is 4. The van der Waals surface area contributed by atoms with Crippen LogP contribution in [0, 0.1) is 0 Å². The number of aliphatic carboxylic acids is 4. The van der Waals surface area contributed by atoms with Crippen LogP contribution < -0.4 is 45.0 Å². The van der Waals surface area contributed by atoms with Gasteiger partial charge in [-0.2, -0.15) is 0 Å². The summed E-state index contributed by atoms with van der Waals surface area (Å²) in [5, 5.41) is 71.5. The molecule has 0 aromatic rings. The van der Waals surface area contributed by atoms with Crippen molar-refractivity contribution in [2.45, 2.75) is 24.4 Å². The van der Waals surface area contributed by atoms with Crippen LogP contribution in [0.25, 0.3) is 0 Å². The van der Waals surface area contributed by atoms with Gasteiger partial charge in [-0.3, -0.25) is 0 Å². The molecule has 0 rings (SSSR count). The third-order valence-electron chi connectivity index (χ3n) is 1.56. The highest BCUT2D eigenvalue weighted by molar-refractivity contribution is 5.81. The Morgan fingerprint density at radius 1 is 0.458 bits per heavy atom. The van der Waals surface area contributed by atoms with Crippen molar-refractivity contribution in [2.75, 3.05) is 0 Å². The molecular weight excluding hydrogens is 344 g/mol. The molecule has 4 atom stereocenters. The Balaban J connectivity index is -0.0000000579. The maximum atomic E-state index is 9.63. The van der Waals surface area contributed by atoms with Crippen LogP contribution in [0.5, 0.6) is 0 Å². The molecule has 0 aromatic heterocycles. The Kier molecular flexibility index (Phi) is 26.5. The van der Waals surface area contributed by atoms with Gasteiger partial charge in [-0.1, -0.05) is 0 Å². The second-order valence-corrected chi connectivity index (χ2v) is 3.06. The minimum Gasteiger partial charge on any atom is -0.547 e. The molecule has 0 heterocycles. The SMILES string of the molecule is O=C([O-])C(O)C(O)C(=O)[O-].O=C([O-])C(O)C(O)C(=O)[O-].[NH4+].[NH4+].[NH4+].[NH4+]. The van der Waals surface area contributed by atoms with E-state index in [0.29, 0.717) is 0 Å². The quantitative estimate of drug-likeness (QED) is 0.216. The van der Waals surface area contributed by atoms with Crippen LogP contribution in [-0.4, -0.2) is 68.7 Å². The number of aliphatic hydroxyl groups excluding tert-OH is 4. The number of carbonyl (C=O) groups excluding carboxylic acids is 4. The van der Waals surface area contributed by atoms with Crippen molar-refractivity contribution in [3.05, 3.63) is 0 Å². The van der Waals surface area contributed by atoms with Gasteiger partial charge in [-0.15, -0.1) is 0 Å². The summed E-state index contributed by atoms with van der Waals surface area (Å²) < 4.78 is 0. The summed E-state index contributed by atoms with van der Waals surface area (Å²) in [5.74, 6) is -8.23. The van der Waals surface area contributed by atoms with Gasteiger partial charge < -0.3 is 84.6 Å². The van der Waals surface area contributed by atoms with Crippen LogP contribution in [0.15, 0.2) is 0 Å². The summed E-state index contributed by atoms with van der Waals surface area (Å²) in [5.41, 5.74) is 0. The molecule has 0 spiro atoms. The highest BCUT2D eigenvalue weighted by Crippen LogP contribution is 1.89. The largest absolute Gasteiger partial charge is 0.547 e. The molecule has 0 aliphatic carbocycles. The number of carbonyl (C=O) groups is 4. The van der Waals surface area contributed by atoms with Crippen molar-refractivity contribution in [3.63, 3.8) is 0 Å². The molecule has 20 N–H and O–H groups in total. The number of hydrogen-bond donors (Lipinski definition) is 8. The summed E-state index contributed by atoms with van der Waals surface area (Å²) in [7, 11) is 0. The van der Waals surface area contributed by atoms with Gasteiger partial charge in [0.1, 0.15) is 24.4 Å². The van der Waals surface area contributed by atoms with Gasteiger partial charge in [0.05, 0.1) is 23.9 Å². The van der Waals surface area contributed by atoms with E-state index in [1.807, 2.05) is 0 Å². The molecule has 16 heteroatoms. The maximum Gasteiger partial charge on any atom is 0.124 e. The normalized spacial score (nSPS) is 13.2. The predicted octanol–water partition coefficient (Wildman–Crippen LogP) is -8.08. The first kappa shape index (κ1) is 37.6. The highest BCUT2D eigenvalue weighted by atomic mass is 16.4. The van der Waals surface area contributed by atoms with E-state index in [-0.39, 0.29) is 24.6 Å². The van der Waals surface area contributed by atoms with Gasteiger partial charge in [0.15, 0.2) is 0 Å². The lowest BCUT2D eigenvalue weighted by Crippen LogP contribution is -2.51. The van der Waals surface area contributed by atoms with Crippen molar-refractivity contribution in [1.82, 2.24) is 24.6 Å². The molecule has 0 aromatic carbocycles. The van der Waals surface area contributed by atoms with Crippen LogP contribution in [0.1, 0.15) is 0 Å².